The highest BCUT2D eigenvalue weighted by Crippen LogP contribution is 2.12. The molecule has 2 unspecified atom stereocenters. The minimum atomic E-state index is -0.531. The number of aliphatic hydroxyl groups excluding tert-OH is 1. The van der Waals surface area contributed by atoms with Gasteiger partial charge < -0.3 is 21.1 Å². The van der Waals surface area contributed by atoms with Gasteiger partial charge in [-0.1, -0.05) is 12.1 Å². The summed E-state index contributed by atoms with van der Waals surface area (Å²) in [5, 5.41) is 12.3. The van der Waals surface area contributed by atoms with Gasteiger partial charge in [0.05, 0.1) is 17.1 Å². The van der Waals surface area contributed by atoms with Crippen molar-refractivity contribution in [3.05, 3.63) is 24.3 Å². The van der Waals surface area contributed by atoms with E-state index in [1.807, 2.05) is 24.3 Å². The lowest BCUT2D eigenvalue weighted by molar-refractivity contribution is 0.168. The molecule has 2 rings (SSSR count). The van der Waals surface area contributed by atoms with Crippen molar-refractivity contribution in [1.82, 2.24) is 9.97 Å². The van der Waals surface area contributed by atoms with Crippen LogP contribution in [-0.2, 0) is 0 Å². The van der Waals surface area contributed by atoms with Crippen LogP contribution in [0, 0.1) is 0 Å². The van der Waals surface area contributed by atoms with Crippen molar-refractivity contribution in [2.75, 3.05) is 11.9 Å². The molecule has 1 aromatic heterocycles. The molecule has 5 nitrogen and oxygen atoms in total. The Morgan fingerprint density at radius 1 is 1.50 bits per heavy atom. The molecule has 0 saturated heterocycles. The van der Waals surface area contributed by atoms with Crippen LogP contribution in [0.2, 0.25) is 0 Å². The third kappa shape index (κ3) is 2.32. The van der Waals surface area contributed by atoms with Crippen molar-refractivity contribution in [2.45, 2.75) is 19.1 Å². The summed E-state index contributed by atoms with van der Waals surface area (Å²) in [6.07, 6.45) is -0.531. The molecule has 0 bridgehead atoms. The maximum absolute atomic E-state index is 9.24. The highest BCUT2D eigenvalue weighted by atomic mass is 16.3. The fraction of sp³-hybridized carbons (Fsp3) is 0.364. The highest BCUT2D eigenvalue weighted by Gasteiger charge is 2.09. The van der Waals surface area contributed by atoms with E-state index in [0.717, 1.165) is 11.0 Å². The van der Waals surface area contributed by atoms with E-state index in [0.29, 0.717) is 12.5 Å². The Morgan fingerprint density at radius 3 is 2.94 bits per heavy atom. The van der Waals surface area contributed by atoms with E-state index >= 15 is 0 Å². The van der Waals surface area contributed by atoms with Gasteiger partial charge in [-0.3, -0.25) is 0 Å². The van der Waals surface area contributed by atoms with Crippen LogP contribution in [0.15, 0.2) is 24.3 Å². The zero-order chi connectivity index (χ0) is 11.5. The molecule has 0 aliphatic heterocycles. The molecule has 86 valence electrons. The minimum absolute atomic E-state index is 0.298. The summed E-state index contributed by atoms with van der Waals surface area (Å²) < 4.78 is 0. The number of imidazole rings is 1. The number of H-pyrrole nitrogens is 1. The van der Waals surface area contributed by atoms with Crippen LogP contribution in [0.4, 0.5) is 5.95 Å². The molecule has 0 fully saturated rings. The Hall–Kier alpha value is -1.59. The Morgan fingerprint density at radius 2 is 2.25 bits per heavy atom. The molecule has 2 aromatic rings. The van der Waals surface area contributed by atoms with Gasteiger partial charge in [0.2, 0.25) is 5.95 Å². The fourth-order valence-corrected chi connectivity index (χ4v) is 1.42. The van der Waals surface area contributed by atoms with Crippen molar-refractivity contribution in [1.29, 1.82) is 0 Å². The number of nitrogens with two attached hydrogens (primary N) is 1. The Kier molecular flexibility index (Phi) is 3.07. The molecule has 0 spiro atoms. The van der Waals surface area contributed by atoms with E-state index in [4.69, 9.17) is 5.73 Å². The summed E-state index contributed by atoms with van der Waals surface area (Å²) in [7, 11) is 0. The van der Waals surface area contributed by atoms with Gasteiger partial charge in [0.1, 0.15) is 0 Å². The number of aliphatic hydroxyl groups is 1. The first-order valence-electron chi connectivity index (χ1n) is 5.29. The van der Waals surface area contributed by atoms with Gasteiger partial charge in [-0.2, -0.15) is 0 Å². The summed E-state index contributed by atoms with van der Waals surface area (Å²) in [5.74, 6) is 0.678. The number of aromatic nitrogens is 2. The molecule has 2 atom stereocenters. The zero-order valence-electron chi connectivity index (χ0n) is 9.14. The normalized spacial score (nSPS) is 14.9. The average Bonchev–Trinajstić information content (AvgIpc) is 2.68. The third-order valence-corrected chi connectivity index (χ3v) is 2.51. The van der Waals surface area contributed by atoms with Gasteiger partial charge in [0.15, 0.2) is 0 Å². The van der Waals surface area contributed by atoms with Crippen LogP contribution < -0.4 is 11.1 Å². The number of hydrogen-bond acceptors (Lipinski definition) is 4. The summed E-state index contributed by atoms with van der Waals surface area (Å²) in [6.45, 7) is 2.16. The number of nitrogens with one attached hydrogen (secondary N) is 2. The van der Waals surface area contributed by atoms with Crippen molar-refractivity contribution < 1.29 is 5.11 Å². The van der Waals surface area contributed by atoms with E-state index in [9.17, 15) is 5.11 Å². The quantitative estimate of drug-likeness (QED) is 0.610. The van der Waals surface area contributed by atoms with Gasteiger partial charge in [-0.25, -0.2) is 4.98 Å². The number of benzene rings is 1. The number of rotatable bonds is 4. The predicted molar refractivity (Wildman–Crippen MR) is 64.2 cm³/mol. The van der Waals surface area contributed by atoms with Gasteiger partial charge >= 0.3 is 0 Å². The molecule has 0 aliphatic rings. The third-order valence-electron chi connectivity index (χ3n) is 2.51. The molecule has 5 heteroatoms. The van der Waals surface area contributed by atoms with Crippen LogP contribution in [0.5, 0.6) is 0 Å². The second-order valence-corrected chi connectivity index (χ2v) is 3.89. The van der Waals surface area contributed by atoms with E-state index in [2.05, 4.69) is 15.3 Å². The van der Waals surface area contributed by atoms with Crippen LogP contribution in [0.3, 0.4) is 0 Å². The zero-order valence-corrected chi connectivity index (χ0v) is 9.14. The minimum Gasteiger partial charge on any atom is -0.392 e. The van der Waals surface area contributed by atoms with Crippen LogP contribution >= 0.6 is 0 Å². The lowest BCUT2D eigenvalue weighted by atomic mass is 10.2. The van der Waals surface area contributed by atoms with E-state index in [1.54, 1.807) is 6.92 Å². The van der Waals surface area contributed by atoms with Crippen LogP contribution in [-0.4, -0.2) is 33.8 Å². The summed E-state index contributed by atoms with van der Waals surface area (Å²) in [5.41, 5.74) is 7.60. The molecular weight excluding hydrogens is 204 g/mol. The second kappa shape index (κ2) is 4.51. The summed E-state index contributed by atoms with van der Waals surface area (Å²) >= 11 is 0. The van der Waals surface area contributed by atoms with E-state index < -0.39 is 6.10 Å². The average molecular weight is 220 g/mol. The first-order valence-corrected chi connectivity index (χ1v) is 5.29. The van der Waals surface area contributed by atoms with Gasteiger partial charge in [0.25, 0.3) is 0 Å². The Labute approximate surface area is 93.7 Å². The topological polar surface area (TPSA) is 87.0 Å². The number of nitrogens with zero attached hydrogens (tertiary/aromatic N) is 1. The monoisotopic (exact) mass is 220 g/mol. The maximum atomic E-state index is 9.24. The van der Waals surface area contributed by atoms with E-state index in [-0.39, 0.29) is 6.04 Å². The van der Waals surface area contributed by atoms with Crippen LogP contribution in [0.25, 0.3) is 11.0 Å². The SMILES string of the molecule is CC(O)C(N)CNc1nc2ccccc2[nH]1. The molecule has 1 aromatic carbocycles. The van der Waals surface area contributed by atoms with Crippen molar-refractivity contribution in [3.63, 3.8) is 0 Å². The highest BCUT2D eigenvalue weighted by molar-refractivity contribution is 5.77. The summed E-state index contributed by atoms with van der Waals surface area (Å²) in [4.78, 5) is 7.47. The standard InChI is InChI=1S/C11H16N4O/c1-7(16)8(12)6-13-11-14-9-4-2-3-5-10(9)15-11/h2-5,7-8,16H,6,12H2,1H3,(H2,13,14,15). The number of para-hydroxylation sites is 2. The molecule has 0 radical (unpaired) electrons. The van der Waals surface area contributed by atoms with Gasteiger partial charge in [0, 0.05) is 12.6 Å². The molecule has 5 N–H and O–H groups in total. The summed E-state index contributed by atoms with van der Waals surface area (Å²) in [6, 6.07) is 7.49. The van der Waals surface area contributed by atoms with Crippen LogP contribution in [0.1, 0.15) is 6.92 Å². The fourth-order valence-electron chi connectivity index (χ4n) is 1.42. The predicted octanol–water partition coefficient (Wildman–Crippen LogP) is 0.683. The number of fused-ring (bicyclic) bond motifs is 1. The van der Waals surface area contributed by atoms with Gasteiger partial charge in [-0.05, 0) is 19.1 Å². The molecule has 0 amide bonds. The lowest BCUT2D eigenvalue weighted by Gasteiger charge is -2.14. The number of hydrogen-bond donors (Lipinski definition) is 4. The Bertz CT molecular complexity index is 433. The molecule has 1 heterocycles. The first kappa shape index (κ1) is 10.9. The Balaban J connectivity index is 2.05. The number of anilines is 1. The molecule has 16 heavy (non-hydrogen) atoms. The maximum Gasteiger partial charge on any atom is 0.201 e. The van der Waals surface area contributed by atoms with E-state index in [1.165, 1.54) is 0 Å². The van der Waals surface area contributed by atoms with Crippen molar-refractivity contribution in [3.8, 4) is 0 Å². The smallest absolute Gasteiger partial charge is 0.201 e. The van der Waals surface area contributed by atoms with Crippen molar-refractivity contribution in [2.24, 2.45) is 5.73 Å². The lowest BCUT2D eigenvalue weighted by Crippen LogP contribution is -2.38. The second-order valence-electron chi connectivity index (χ2n) is 3.89. The van der Waals surface area contributed by atoms with Gasteiger partial charge in [-0.15, -0.1) is 0 Å². The first-order chi connectivity index (χ1) is 7.66. The number of aromatic amines is 1. The van der Waals surface area contributed by atoms with Crippen molar-refractivity contribution >= 4 is 17.0 Å². The molecular formula is C11H16N4O. The largest absolute Gasteiger partial charge is 0.392 e. The molecule has 0 aliphatic carbocycles. The molecule has 0 saturated carbocycles.